The predicted molar refractivity (Wildman–Crippen MR) is 73.9 cm³/mol. The van der Waals surface area contributed by atoms with Crippen molar-refractivity contribution in [1.82, 2.24) is 0 Å². The number of rotatable bonds is 9. The minimum atomic E-state index is -0.418. The average molecular weight is 268 g/mol. The summed E-state index contributed by atoms with van der Waals surface area (Å²) in [5.74, 6) is 0.519. The number of ether oxygens (including phenoxy) is 2. The third kappa shape index (κ3) is 5.56. The van der Waals surface area contributed by atoms with Crippen molar-refractivity contribution in [3.05, 3.63) is 28.3 Å². The van der Waals surface area contributed by atoms with E-state index in [4.69, 9.17) is 9.47 Å². The zero-order valence-electron chi connectivity index (χ0n) is 11.3. The molecule has 0 aliphatic rings. The molecule has 1 rings (SSSR count). The first-order chi connectivity index (χ1) is 9.17. The molecule has 1 N–H and O–H groups in total. The van der Waals surface area contributed by atoms with E-state index in [0.717, 1.165) is 12.8 Å². The van der Waals surface area contributed by atoms with Crippen LogP contribution in [0, 0.1) is 10.1 Å². The number of benzene rings is 1. The lowest BCUT2D eigenvalue weighted by Crippen LogP contribution is -2.05. The summed E-state index contributed by atoms with van der Waals surface area (Å²) in [6.45, 7) is 3.88. The third-order valence-electron chi connectivity index (χ3n) is 2.43. The fourth-order valence-corrected chi connectivity index (χ4v) is 1.54. The normalized spacial score (nSPS) is 10.2. The van der Waals surface area contributed by atoms with Crippen molar-refractivity contribution in [2.75, 3.05) is 32.2 Å². The van der Waals surface area contributed by atoms with Gasteiger partial charge in [0, 0.05) is 38.1 Å². The van der Waals surface area contributed by atoms with Crippen molar-refractivity contribution < 1.29 is 14.4 Å². The summed E-state index contributed by atoms with van der Waals surface area (Å²) in [6, 6.07) is 4.72. The lowest BCUT2D eigenvalue weighted by molar-refractivity contribution is -0.384. The molecule has 0 fully saturated rings. The molecule has 0 aromatic heterocycles. The number of nitro groups is 1. The highest BCUT2D eigenvalue weighted by molar-refractivity contribution is 5.56. The lowest BCUT2D eigenvalue weighted by atomic mass is 10.2. The van der Waals surface area contributed by atoms with Gasteiger partial charge in [0.15, 0.2) is 0 Å². The molecule has 0 radical (unpaired) electrons. The number of hydrogen-bond donors (Lipinski definition) is 1. The smallest absolute Gasteiger partial charge is 0.275 e. The van der Waals surface area contributed by atoms with Crippen molar-refractivity contribution in [3.63, 3.8) is 0 Å². The van der Waals surface area contributed by atoms with Gasteiger partial charge < -0.3 is 14.8 Å². The zero-order valence-corrected chi connectivity index (χ0v) is 11.3. The fourth-order valence-electron chi connectivity index (χ4n) is 1.54. The lowest BCUT2D eigenvalue weighted by Gasteiger charge is -2.09. The average Bonchev–Trinajstić information content (AvgIpc) is 2.41. The van der Waals surface area contributed by atoms with E-state index in [1.165, 1.54) is 12.1 Å². The van der Waals surface area contributed by atoms with Crippen molar-refractivity contribution in [3.8, 4) is 5.75 Å². The molecule has 1 aromatic carbocycles. The quantitative estimate of drug-likeness (QED) is 0.423. The third-order valence-corrected chi connectivity index (χ3v) is 2.43. The fraction of sp³-hybridized carbons (Fsp3) is 0.538. The second kappa shape index (κ2) is 8.31. The Hall–Kier alpha value is -1.82. The highest BCUT2D eigenvalue weighted by atomic mass is 16.6. The van der Waals surface area contributed by atoms with Gasteiger partial charge in [-0.15, -0.1) is 0 Å². The van der Waals surface area contributed by atoms with E-state index in [9.17, 15) is 10.1 Å². The van der Waals surface area contributed by atoms with Crippen LogP contribution in [0.3, 0.4) is 0 Å². The molecule has 1 aromatic rings. The molecule has 0 heterocycles. The number of nitrogens with one attached hydrogen (secondary N) is 1. The molecule has 19 heavy (non-hydrogen) atoms. The van der Waals surface area contributed by atoms with Crippen LogP contribution in [-0.4, -0.2) is 31.8 Å². The van der Waals surface area contributed by atoms with Gasteiger partial charge in [0.25, 0.3) is 5.69 Å². The SMILES string of the molecule is CCCOc1cc(NCCCOC)cc([N+](=O)[O-])c1. The summed E-state index contributed by atoms with van der Waals surface area (Å²) in [6.07, 6.45) is 1.70. The maximum atomic E-state index is 10.9. The van der Waals surface area contributed by atoms with Crippen LogP contribution >= 0.6 is 0 Å². The van der Waals surface area contributed by atoms with Crippen LogP contribution in [-0.2, 0) is 4.74 Å². The first kappa shape index (κ1) is 15.2. The van der Waals surface area contributed by atoms with Crippen molar-refractivity contribution in [1.29, 1.82) is 0 Å². The Morgan fingerprint density at radius 1 is 1.32 bits per heavy atom. The number of non-ortho nitro benzene ring substituents is 1. The molecule has 0 saturated heterocycles. The topological polar surface area (TPSA) is 73.6 Å². The molecule has 6 nitrogen and oxygen atoms in total. The molecule has 0 bridgehead atoms. The van der Waals surface area contributed by atoms with Crippen LogP contribution in [0.4, 0.5) is 11.4 Å². The molecule has 106 valence electrons. The number of anilines is 1. The Balaban J connectivity index is 2.72. The molecule has 0 unspecified atom stereocenters. The van der Waals surface area contributed by atoms with Gasteiger partial charge in [0.1, 0.15) is 5.75 Å². The first-order valence-corrected chi connectivity index (χ1v) is 6.32. The molecule has 0 atom stereocenters. The molecule has 0 aliphatic heterocycles. The molecule has 0 aliphatic carbocycles. The number of nitro benzene ring substituents is 1. The van der Waals surface area contributed by atoms with Gasteiger partial charge in [-0.05, 0) is 12.8 Å². The van der Waals surface area contributed by atoms with Crippen LogP contribution in [0.1, 0.15) is 19.8 Å². The van der Waals surface area contributed by atoms with E-state index in [-0.39, 0.29) is 5.69 Å². The van der Waals surface area contributed by atoms with Crippen LogP contribution in [0.15, 0.2) is 18.2 Å². The second-order valence-corrected chi connectivity index (χ2v) is 4.09. The molecular formula is C13H20N2O4. The van der Waals surface area contributed by atoms with E-state index in [2.05, 4.69) is 5.32 Å². The summed E-state index contributed by atoms with van der Waals surface area (Å²) in [4.78, 5) is 10.4. The Labute approximate surface area is 112 Å². The Kier molecular flexibility index (Phi) is 6.67. The number of nitrogens with zero attached hydrogens (tertiary/aromatic N) is 1. The monoisotopic (exact) mass is 268 g/mol. The summed E-state index contributed by atoms with van der Waals surface area (Å²) >= 11 is 0. The molecule has 0 spiro atoms. The van der Waals surface area contributed by atoms with Crippen LogP contribution < -0.4 is 10.1 Å². The number of hydrogen-bond acceptors (Lipinski definition) is 5. The standard InChI is InChI=1S/C13H20N2O4/c1-3-6-19-13-9-11(14-5-4-7-18-2)8-12(10-13)15(16)17/h8-10,14H,3-7H2,1-2H3. The van der Waals surface area contributed by atoms with Crippen molar-refractivity contribution >= 4 is 11.4 Å². The summed E-state index contributed by atoms with van der Waals surface area (Å²) < 4.78 is 10.4. The first-order valence-electron chi connectivity index (χ1n) is 6.32. The van der Waals surface area contributed by atoms with Gasteiger partial charge in [0.2, 0.25) is 0 Å². The van der Waals surface area contributed by atoms with E-state index < -0.39 is 4.92 Å². The van der Waals surface area contributed by atoms with E-state index in [1.54, 1.807) is 13.2 Å². The van der Waals surface area contributed by atoms with Crippen LogP contribution in [0.5, 0.6) is 5.75 Å². The minimum absolute atomic E-state index is 0.0304. The molecule has 0 amide bonds. The molecule has 0 saturated carbocycles. The van der Waals surface area contributed by atoms with E-state index >= 15 is 0 Å². The molecular weight excluding hydrogens is 248 g/mol. The second-order valence-electron chi connectivity index (χ2n) is 4.09. The highest BCUT2D eigenvalue weighted by Gasteiger charge is 2.10. The van der Waals surface area contributed by atoms with Gasteiger partial charge in [-0.2, -0.15) is 0 Å². The van der Waals surface area contributed by atoms with Crippen molar-refractivity contribution in [2.24, 2.45) is 0 Å². The Morgan fingerprint density at radius 3 is 2.74 bits per heavy atom. The van der Waals surface area contributed by atoms with Gasteiger partial charge in [-0.1, -0.05) is 6.92 Å². The van der Waals surface area contributed by atoms with Gasteiger partial charge >= 0.3 is 0 Å². The minimum Gasteiger partial charge on any atom is -0.493 e. The van der Waals surface area contributed by atoms with E-state index in [1.807, 2.05) is 6.92 Å². The number of methoxy groups -OCH3 is 1. The highest BCUT2D eigenvalue weighted by Crippen LogP contribution is 2.26. The molecule has 6 heteroatoms. The van der Waals surface area contributed by atoms with Crippen LogP contribution in [0.2, 0.25) is 0 Å². The maximum absolute atomic E-state index is 10.9. The summed E-state index contributed by atoms with van der Waals surface area (Å²) in [7, 11) is 1.64. The zero-order chi connectivity index (χ0) is 14.1. The van der Waals surface area contributed by atoms with Crippen LogP contribution in [0.25, 0.3) is 0 Å². The van der Waals surface area contributed by atoms with E-state index in [0.29, 0.717) is 31.2 Å². The Morgan fingerprint density at radius 2 is 2.11 bits per heavy atom. The van der Waals surface area contributed by atoms with Gasteiger partial charge in [-0.3, -0.25) is 10.1 Å². The maximum Gasteiger partial charge on any atom is 0.275 e. The Bertz CT molecular complexity index is 410. The predicted octanol–water partition coefficient (Wildman–Crippen LogP) is 2.83. The van der Waals surface area contributed by atoms with Gasteiger partial charge in [-0.25, -0.2) is 0 Å². The summed E-state index contributed by atoms with van der Waals surface area (Å²) in [5, 5.41) is 14.0. The summed E-state index contributed by atoms with van der Waals surface area (Å²) in [5.41, 5.74) is 0.722. The van der Waals surface area contributed by atoms with Gasteiger partial charge in [0.05, 0.1) is 17.6 Å². The van der Waals surface area contributed by atoms with Crippen molar-refractivity contribution in [2.45, 2.75) is 19.8 Å². The largest absolute Gasteiger partial charge is 0.493 e.